The lowest BCUT2D eigenvalue weighted by atomic mass is 9.92. The van der Waals surface area contributed by atoms with Crippen LogP contribution in [0.3, 0.4) is 0 Å². The summed E-state index contributed by atoms with van der Waals surface area (Å²) in [5.74, 6) is 0.658. The molecule has 2 aliphatic rings. The number of ether oxygens (including phenoxy) is 1. The van der Waals surface area contributed by atoms with Crippen molar-refractivity contribution in [1.29, 1.82) is 0 Å². The van der Waals surface area contributed by atoms with Crippen LogP contribution in [0.4, 0.5) is 0 Å². The van der Waals surface area contributed by atoms with Crippen LogP contribution in [0.5, 0.6) is 0 Å². The van der Waals surface area contributed by atoms with Gasteiger partial charge in [-0.15, -0.1) is 0 Å². The third-order valence-corrected chi connectivity index (χ3v) is 5.23. The van der Waals surface area contributed by atoms with Gasteiger partial charge >= 0.3 is 0 Å². The molecule has 144 valence electrons. The molecule has 7 nitrogen and oxygen atoms in total. The second kappa shape index (κ2) is 11.3. The summed E-state index contributed by atoms with van der Waals surface area (Å²) in [5, 5.41) is 9.34. The van der Waals surface area contributed by atoms with Crippen molar-refractivity contribution in [2.45, 2.75) is 57.0 Å². The second-order valence-electron chi connectivity index (χ2n) is 7.01. The number of carbonyl (C=O) groups excluding carboxylic acids is 1. The van der Waals surface area contributed by atoms with E-state index in [1.807, 2.05) is 0 Å². The zero-order valence-corrected chi connectivity index (χ0v) is 15.9. The van der Waals surface area contributed by atoms with E-state index in [0.29, 0.717) is 25.2 Å². The Hall–Kier alpha value is -1.34. The van der Waals surface area contributed by atoms with E-state index in [9.17, 15) is 4.79 Å². The van der Waals surface area contributed by atoms with Crippen molar-refractivity contribution in [2.24, 2.45) is 4.99 Å². The van der Waals surface area contributed by atoms with E-state index in [1.54, 1.807) is 14.2 Å². The molecule has 0 bridgehead atoms. The van der Waals surface area contributed by atoms with Crippen LogP contribution in [0.25, 0.3) is 0 Å². The van der Waals surface area contributed by atoms with E-state index < -0.39 is 0 Å². The van der Waals surface area contributed by atoms with Gasteiger partial charge in [0.1, 0.15) is 0 Å². The summed E-state index contributed by atoms with van der Waals surface area (Å²) in [6.07, 6.45) is 9.22. The second-order valence-corrected chi connectivity index (χ2v) is 7.01. The maximum absolute atomic E-state index is 11.7. The molecule has 0 spiro atoms. The van der Waals surface area contributed by atoms with Crippen LogP contribution < -0.4 is 16.0 Å². The summed E-state index contributed by atoms with van der Waals surface area (Å²) < 4.78 is 4.92. The van der Waals surface area contributed by atoms with Crippen molar-refractivity contribution in [1.82, 2.24) is 20.9 Å². The van der Waals surface area contributed by atoms with Crippen LogP contribution in [-0.4, -0.2) is 75.8 Å². The van der Waals surface area contributed by atoms with Gasteiger partial charge in [0.15, 0.2) is 5.96 Å². The summed E-state index contributed by atoms with van der Waals surface area (Å²) in [5.41, 5.74) is 0. The summed E-state index contributed by atoms with van der Waals surface area (Å²) >= 11 is 0. The number of nitrogens with one attached hydrogen (secondary N) is 3. The molecular formula is C18H35N5O2. The molecular weight excluding hydrogens is 318 g/mol. The number of amides is 1. The number of methoxy groups -OCH3 is 1. The van der Waals surface area contributed by atoms with Crippen LogP contribution in [0.2, 0.25) is 0 Å². The highest BCUT2D eigenvalue weighted by Gasteiger charge is 2.26. The zero-order chi connectivity index (χ0) is 17.9. The van der Waals surface area contributed by atoms with Crippen LogP contribution in [0.1, 0.15) is 44.9 Å². The quantitative estimate of drug-likeness (QED) is 0.357. The smallest absolute Gasteiger partial charge is 0.239 e. The Morgan fingerprint density at radius 1 is 1.12 bits per heavy atom. The number of piperidine rings is 1. The number of guanidine groups is 1. The van der Waals surface area contributed by atoms with Crippen LogP contribution in [-0.2, 0) is 9.53 Å². The fourth-order valence-electron chi connectivity index (χ4n) is 3.76. The lowest BCUT2D eigenvalue weighted by Gasteiger charge is -2.39. The van der Waals surface area contributed by atoms with Gasteiger partial charge in [0.2, 0.25) is 5.91 Å². The first kappa shape index (κ1) is 20.0. The maximum Gasteiger partial charge on any atom is 0.239 e. The molecule has 1 saturated carbocycles. The Kier molecular flexibility index (Phi) is 9.04. The number of aliphatic imine (C=N–C) groups is 1. The number of hydrogen-bond acceptors (Lipinski definition) is 4. The van der Waals surface area contributed by atoms with E-state index in [-0.39, 0.29) is 12.5 Å². The van der Waals surface area contributed by atoms with Gasteiger partial charge in [0, 0.05) is 45.9 Å². The van der Waals surface area contributed by atoms with E-state index in [2.05, 4.69) is 25.8 Å². The Balaban J connectivity index is 1.64. The molecule has 1 amide bonds. The van der Waals surface area contributed by atoms with Gasteiger partial charge in [0.25, 0.3) is 0 Å². The van der Waals surface area contributed by atoms with Gasteiger partial charge in [-0.3, -0.25) is 9.79 Å². The Bertz CT molecular complexity index is 416. The summed E-state index contributed by atoms with van der Waals surface area (Å²) in [4.78, 5) is 18.6. The number of likely N-dealkylation sites (tertiary alicyclic amines) is 1. The highest BCUT2D eigenvalue weighted by molar-refractivity contribution is 5.86. The topological polar surface area (TPSA) is 78.0 Å². The van der Waals surface area contributed by atoms with Crippen molar-refractivity contribution in [3.63, 3.8) is 0 Å². The van der Waals surface area contributed by atoms with E-state index in [4.69, 9.17) is 4.74 Å². The van der Waals surface area contributed by atoms with Crippen molar-refractivity contribution in [3.8, 4) is 0 Å². The molecule has 0 aromatic heterocycles. The predicted octanol–water partition coefficient (Wildman–Crippen LogP) is 0.711. The first-order valence-corrected chi connectivity index (χ1v) is 9.69. The summed E-state index contributed by atoms with van der Waals surface area (Å²) in [6.45, 7) is 3.61. The van der Waals surface area contributed by atoms with Crippen molar-refractivity contribution >= 4 is 11.9 Å². The van der Waals surface area contributed by atoms with Crippen LogP contribution in [0, 0.1) is 0 Å². The van der Waals surface area contributed by atoms with Gasteiger partial charge in [-0.25, -0.2) is 0 Å². The SMILES string of the molecule is CN=C(NCC(=O)NCCOC)NC1CCN(C2CCCCC2)CC1. The van der Waals surface area contributed by atoms with E-state index in [1.165, 1.54) is 32.1 Å². The van der Waals surface area contributed by atoms with Gasteiger partial charge in [-0.2, -0.15) is 0 Å². The van der Waals surface area contributed by atoms with Gasteiger partial charge in [0.05, 0.1) is 13.2 Å². The molecule has 0 aromatic rings. The normalized spacial score (nSPS) is 21.1. The van der Waals surface area contributed by atoms with Crippen molar-refractivity contribution < 1.29 is 9.53 Å². The summed E-state index contributed by atoms with van der Waals surface area (Å²) in [6, 6.07) is 1.24. The molecule has 3 N–H and O–H groups in total. The molecule has 1 heterocycles. The molecule has 1 saturated heterocycles. The zero-order valence-electron chi connectivity index (χ0n) is 15.9. The lowest BCUT2D eigenvalue weighted by Crippen LogP contribution is -2.52. The molecule has 0 unspecified atom stereocenters. The molecule has 2 rings (SSSR count). The number of nitrogens with zero attached hydrogens (tertiary/aromatic N) is 2. The largest absolute Gasteiger partial charge is 0.383 e. The molecule has 0 radical (unpaired) electrons. The first-order valence-electron chi connectivity index (χ1n) is 9.69. The fourth-order valence-corrected chi connectivity index (χ4v) is 3.76. The van der Waals surface area contributed by atoms with E-state index >= 15 is 0 Å². The average molecular weight is 354 g/mol. The number of carbonyl (C=O) groups is 1. The van der Waals surface area contributed by atoms with Crippen molar-refractivity contribution in [2.75, 3.05) is 46.9 Å². The van der Waals surface area contributed by atoms with Gasteiger partial charge in [-0.05, 0) is 25.7 Å². The molecule has 1 aliphatic carbocycles. The Labute approximate surface area is 152 Å². The minimum atomic E-state index is -0.0490. The van der Waals surface area contributed by atoms with Crippen LogP contribution >= 0.6 is 0 Å². The molecule has 0 aromatic carbocycles. The fraction of sp³-hybridized carbons (Fsp3) is 0.889. The lowest BCUT2D eigenvalue weighted by molar-refractivity contribution is -0.120. The molecule has 7 heteroatoms. The molecule has 25 heavy (non-hydrogen) atoms. The minimum Gasteiger partial charge on any atom is -0.383 e. The van der Waals surface area contributed by atoms with Gasteiger partial charge in [-0.1, -0.05) is 19.3 Å². The van der Waals surface area contributed by atoms with Gasteiger partial charge < -0.3 is 25.6 Å². The molecule has 2 fully saturated rings. The highest BCUT2D eigenvalue weighted by Crippen LogP contribution is 2.25. The monoisotopic (exact) mass is 353 g/mol. The number of rotatable bonds is 7. The van der Waals surface area contributed by atoms with E-state index in [0.717, 1.165) is 32.0 Å². The minimum absolute atomic E-state index is 0.0490. The summed E-state index contributed by atoms with van der Waals surface area (Å²) in [7, 11) is 3.37. The maximum atomic E-state index is 11.7. The number of hydrogen-bond donors (Lipinski definition) is 3. The van der Waals surface area contributed by atoms with Crippen molar-refractivity contribution in [3.05, 3.63) is 0 Å². The standard InChI is InChI=1S/C18H35N5O2/c1-19-18(21-14-17(24)20-10-13-25-2)22-15-8-11-23(12-9-15)16-6-4-3-5-7-16/h15-16H,3-14H2,1-2H3,(H,20,24)(H2,19,21,22). The Morgan fingerprint density at radius 2 is 1.84 bits per heavy atom. The Morgan fingerprint density at radius 3 is 2.48 bits per heavy atom. The highest BCUT2D eigenvalue weighted by atomic mass is 16.5. The molecule has 0 atom stereocenters. The third-order valence-electron chi connectivity index (χ3n) is 5.23. The first-order chi connectivity index (χ1) is 12.2. The molecule has 1 aliphatic heterocycles. The third kappa shape index (κ3) is 7.20. The predicted molar refractivity (Wildman–Crippen MR) is 101 cm³/mol. The average Bonchev–Trinajstić information content (AvgIpc) is 2.66. The van der Waals surface area contributed by atoms with Crippen LogP contribution in [0.15, 0.2) is 4.99 Å².